The molecule has 2 aliphatic rings. The topological polar surface area (TPSA) is 50.4 Å². The molecule has 1 unspecified atom stereocenters. The summed E-state index contributed by atoms with van der Waals surface area (Å²) in [5.74, 6) is 0.150. The minimum absolute atomic E-state index is 0.150. The predicted molar refractivity (Wildman–Crippen MR) is 66.8 cm³/mol. The molecule has 98 valence electrons. The number of hydrogen-bond donors (Lipinski definition) is 2. The van der Waals surface area contributed by atoms with Gasteiger partial charge in [-0.05, 0) is 44.2 Å². The molecule has 2 fully saturated rings. The van der Waals surface area contributed by atoms with E-state index >= 15 is 0 Å². The zero-order valence-electron chi connectivity index (χ0n) is 10.8. The third-order valence-electron chi connectivity index (χ3n) is 3.96. The molecule has 0 aromatic rings. The fourth-order valence-electron chi connectivity index (χ4n) is 2.60. The van der Waals surface area contributed by atoms with E-state index in [0.717, 1.165) is 51.9 Å². The average molecular weight is 240 g/mol. The molecule has 0 saturated carbocycles. The number of piperidine rings is 1. The zero-order valence-corrected chi connectivity index (χ0v) is 10.8. The highest BCUT2D eigenvalue weighted by Gasteiger charge is 2.27. The molecule has 4 heteroatoms. The summed E-state index contributed by atoms with van der Waals surface area (Å²) in [7, 11) is 0. The summed E-state index contributed by atoms with van der Waals surface area (Å²) in [5, 5.41) is 6.43. The Morgan fingerprint density at radius 3 is 2.88 bits per heavy atom. The number of hydrogen-bond acceptors (Lipinski definition) is 3. The van der Waals surface area contributed by atoms with E-state index in [9.17, 15) is 4.79 Å². The van der Waals surface area contributed by atoms with Crippen LogP contribution < -0.4 is 10.6 Å². The van der Waals surface area contributed by atoms with E-state index in [0.29, 0.717) is 6.42 Å². The van der Waals surface area contributed by atoms with E-state index < -0.39 is 0 Å². The lowest BCUT2D eigenvalue weighted by Crippen LogP contribution is -2.43. The Bertz CT molecular complexity index is 256. The van der Waals surface area contributed by atoms with Gasteiger partial charge in [0.1, 0.15) is 0 Å². The van der Waals surface area contributed by atoms with Crippen LogP contribution in [0.4, 0.5) is 0 Å². The van der Waals surface area contributed by atoms with Gasteiger partial charge in [-0.2, -0.15) is 0 Å². The summed E-state index contributed by atoms with van der Waals surface area (Å²) in [6.07, 6.45) is 5.13. The molecule has 2 N–H and O–H groups in total. The average Bonchev–Trinajstić information content (AvgIpc) is 2.80. The minimum atomic E-state index is 0.150. The van der Waals surface area contributed by atoms with Gasteiger partial charge >= 0.3 is 0 Å². The van der Waals surface area contributed by atoms with Gasteiger partial charge in [-0.25, -0.2) is 0 Å². The first-order chi connectivity index (χ1) is 8.18. The molecule has 1 amide bonds. The van der Waals surface area contributed by atoms with Gasteiger partial charge in [-0.1, -0.05) is 6.92 Å². The second-order valence-corrected chi connectivity index (χ2v) is 5.68. The molecular formula is C13H24N2O2. The highest BCUT2D eigenvalue weighted by molar-refractivity contribution is 5.76. The first-order valence-electron chi connectivity index (χ1n) is 6.77. The summed E-state index contributed by atoms with van der Waals surface area (Å²) in [6, 6.07) is 0. The molecule has 0 aromatic carbocycles. The van der Waals surface area contributed by atoms with Crippen molar-refractivity contribution in [1.82, 2.24) is 10.6 Å². The van der Waals surface area contributed by atoms with Crippen LogP contribution in [0.1, 0.15) is 39.0 Å². The number of ether oxygens (including phenoxy) is 1. The normalized spacial score (nSPS) is 27.9. The number of amides is 1. The standard InChI is InChI=1S/C13H24N2O2/c1-13(4-6-14-7-5-13)10-15-12(16)9-11-3-2-8-17-11/h11,14H,2-10H2,1H3,(H,15,16). The minimum Gasteiger partial charge on any atom is -0.378 e. The maximum atomic E-state index is 11.8. The van der Waals surface area contributed by atoms with Gasteiger partial charge in [-0.3, -0.25) is 4.79 Å². The molecule has 17 heavy (non-hydrogen) atoms. The van der Waals surface area contributed by atoms with Crippen molar-refractivity contribution in [2.45, 2.75) is 45.1 Å². The SMILES string of the molecule is CC1(CNC(=O)CC2CCCO2)CCNCC1. The van der Waals surface area contributed by atoms with Crippen LogP contribution >= 0.6 is 0 Å². The summed E-state index contributed by atoms with van der Waals surface area (Å²) in [4.78, 5) is 11.8. The van der Waals surface area contributed by atoms with Gasteiger partial charge in [0.25, 0.3) is 0 Å². The molecule has 2 aliphatic heterocycles. The molecule has 0 spiro atoms. The van der Waals surface area contributed by atoms with Gasteiger partial charge < -0.3 is 15.4 Å². The number of rotatable bonds is 4. The Morgan fingerprint density at radius 1 is 1.47 bits per heavy atom. The fraction of sp³-hybridized carbons (Fsp3) is 0.923. The van der Waals surface area contributed by atoms with Crippen LogP contribution in [0, 0.1) is 5.41 Å². The Morgan fingerprint density at radius 2 is 2.24 bits per heavy atom. The van der Waals surface area contributed by atoms with Crippen LogP contribution in [0.3, 0.4) is 0 Å². The lowest BCUT2D eigenvalue weighted by molar-refractivity contribution is -0.123. The largest absolute Gasteiger partial charge is 0.378 e. The van der Waals surface area contributed by atoms with Crippen molar-refractivity contribution in [2.24, 2.45) is 5.41 Å². The van der Waals surface area contributed by atoms with Gasteiger partial charge in [0.2, 0.25) is 5.91 Å². The van der Waals surface area contributed by atoms with Crippen molar-refractivity contribution in [1.29, 1.82) is 0 Å². The molecule has 1 atom stereocenters. The van der Waals surface area contributed by atoms with Crippen LogP contribution in [0.2, 0.25) is 0 Å². The van der Waals surface area contributed by atoms with Crippen LogP contribution in [0.25, 0.3) is 0 Å². The Hall–Kier alpha value is -0.610. The number of carbonyl (C=O) groups excluding carboxylic acids is 1. The Labute approximate surface area is 103 Å². The van der Waals surface area contributed by atoms with E-state index in [-0.39, 0.29) is 17.4 Å². The van der Waals surface area contributed by atoms with Crippen molar-refractivity contribution in [3.63, 3.8) is 0 Å². The second-order valence-electron chi connectivity index (χ2n) is 5.68. The summed E-state index contributed by atoms with van der Waals surface area (Å²) in [5.41, 5.74) is 0.275. The second kappa shape index (κ2) is 5.83. The van der Waals surface area contributed by atoms with Crippen molar-refractivity contribution in [3.8, 4) is 0 Å². The lowest BCUT2D eigenvalue weighted by atomic mass is 9.81. The smallest absolute Gasteiger partial charge is 0.222 e. The predicted octanol–water partition coefficient (Wildman–Crippen LogP) is 1.06. The zero-order chi connectivity index (χ0) is 12.1. The Kier molecular flexibility index (Phi) is 4.40. The van der Waals surface area contributed by atoms with E-state index in [1.807, 2.05) is 0 Å². The van der Waals surface area contributed by atoms with E-state index in [1.165, 1.54) is 0 Å². The molecule has 2 saturated heterocycles. The number of carbonyl (C=O) groups is 1. The monoisotopic (exact) mass is 240 g/mol. The maximum absolute atomic E-state index is 11.8. The number of nitrogens with one attached hydrogen (secondary N) is 2. The van der Waals surface area contributed by atoms with Gasteiger partial charge in [0, 0.05) is 13.2 Å². The van der Waals surface area contributed by atoms with Gasteiger partial charge in [0.15, 0.2) is 0 Å². The third kappa shape index (κ3) is 3.96. The summed E-state index contributed by atoms with van der Waals surface area (Å²) < 4.78 is 5.47. The molecule has 4 nitrogen and oxygen atoms in total. The first kappa shape index (κ1) is 12.8. The summed E-state index contributed by atoms with van der Waals surface area (Å²) >= 11 is 0. The Balaban J connectivity index is 1.67. The van der Waals surface area contributed by atoms with Crippen molar-refractivity contribution in [3.05, 3.63) is 0 Å². The highest BCUT2D eigenvalue weighted by atomic mass is 16.5. The highest BCUT2D eigenvalue weighted by Crippen LogP contribution is 2.26. The molecule has 2 rings (SSSR count). The lowest BCUT2D eigenvalue weighted by Gasteiger charge is -2.34. The quantitative estimate of drug-likeness (QED) is 0.772. The molecule has 0 bridgehead atoms. The van der Waals surface area contributed by atoms with Crippen molar-refractivity contribution in [2.75, 3.05) is 26.2 Å². The molecule has 0 aromatic heterocycles. The molecule has 0 aliphatic carbocycles. The molecular weight excluding hydrogens is 216 g/mol. The fourth-order valence-corrected chi connectivity index (χ4v) is 2.60. The molecule has 0 radical (unpaired) electrons. The van der Waals surface area contributed by atoms with Crippen LogP contribution in [-0.4, -0.2) is 38.3 Å². The van der Waals surface area contributed by atoms with E-state index in [1.54, 1.807) is 0 Å². The van der Waals surface area contributed by atoms with E-state index in [2.05, 4.69) is 17.6 Å². The first-order valence-corrected chi connectivity index (χ1v) is 6.77. The van der Waals surface area contributed by atoms with Crippen LogP contribution in [0.5, 0.6) is 0 Å². The maximum Gasteiger partial charge on any atom is 0.222 e. The van der Waals surface area contributed by atoms with E-state index in [4.69, 9.17) is 4.74 Å². The third-order valence-corrected chi connectivity index (χ3v) is 3.96. The van der Waals surface area contributed by atoms with Crippen molar-refractivity contribution >= 4 is 5.91 Å². The van der Waals surface area contributed by atoms with Crippen LogP contribution in [0.15, 0.2) is 0 Å². The molecule has 2 heterocycles. The van der Waals surface area contributed by atoms with Gasteiger partial charge in [-0.15, -0.1) is 0 Å². The van der Waals surface area contributed by atoms with Crippen molar-refractivity contribution < 1.29 is 9.53 Å². The summed E-state index contributed by atoms with van der Waals surface area (Å²) in [6.45, 7) is 6.03. The van der Waals surface area contributed by atoms with Crippen LogP contribution in [-0.2, 0) is 9.53 Å². The van der Waals surface area contributed by atoms with Gasteiger partial charge in [0.05, 0.1) is 12.5 Å².